The number of anilines is 1. The third kappa shape index (κ3) is 3.15. The van der Waals surface area contributed by atoms with Crippen LogP contribution in [0.1, 0.15) is 23.0 Å². The second-order valence-electron chi connectivity index (χ2n) is 4.16. The van der Waals surface area contributed by atoms with Gasteiger partial charge in [0.15, 0.2) is 0 Å². The third-order valence-electron chi connectivity index (χ3n) is 2.38. The number of aryl methyl sites for hydroxylation is 1. The Hall–Kier alpha value is -1.66. The fourth-order valence-electron chi connectivity index (χ4n) is 1.24. The number of aromatic nitrogens is 1. The van der Waals surface area contributed by atoms with Crippen molar-refractivity contribution >= 4 is 11.8 Å². The molecule has 0 aromatic carbocycles. The second-order valence-corrected chi connectivity index (χ2v) is 4.16. The zero-order valence-corrected chi connectivity index (χ0v) is 9.77. The number of pyridine rings is 1. The van der Waals surface area contributed by atoms with Crippen molar-refractivity contribution in [1.29, 1.82) is 0 Å². The van der Waals surface area contributed by atoms with Crippen LogP contribution in [0.2, 0.25) is 0 Å². The van der Waals surface area contributed by atoms with Gasteiger partial charge < -0.3 is 20.6 Å². The summed E-state index contributed by atoms with van der Waals surface area (Å²) >= 11 is 0. The van der Waals surface area contributed by atoms with E-state index in [4.69, 9.17) is 15.3 Å². The summed E-state index contributed by atoms with van der Waals surface area (Å²) in [6.45, 7) is 2.63. The lowest BCUT2D eigenvalue weighted by molar-refractivity contribution is 0.0696. The lowest BCUT2D eigenvalue weighted by atomic mass is 10.0. The summed E-state index contributed by atoms with van der Waals surface area (Å²) in [5.74, 6) is -0.971. The molecule has 4 N–H and O–H groups in total. The lowest BCUT2D eigenvalue weighted by Gasteiger charge is -2.27. The van der Waals surface area contributed by atoms with Gasteiger partial charge >= 0.3 is 5.97 Å². The number of rotatable bonds is 5. The van der Waals surface area contributed by atoms with Crippen LogP contribution in [0.4, 0.5) is 5.82 Å². The highest BCUT2D eigenvalue weighted by molar-refractivity contribution is 5.93. The molecule has 0 fully saturated rings. The van der Waals surface area contributed by atoms with E-state index in [2.05, 4.69) is 10.3 Å². The molecule has 0 saturated carbocycles. The van der Waals surface area contributed by atoms with Crippen molar-refractivity contribution in [2.45, 2.75) is 19.4 Å². The molecule has 0 bridgehead atoms. The van der Waals surface area contributed by atoms with Crippen molar-refractivity contribution < 1.29 is 20.1 Å². The minimum Gasteiger partial charge on any atom is -0.478 e. The first kappa shape index (κ1) is 13.4. The van der Waals surface area contributed by atoms with E-state index in [9.17, 15) is 4.79 Å². The van der Waals surface area contributed by atoms with E-state index in [-0.39, 0.29) is 24.6 Å². The number of aliphatic hydroxyl groups excluding tert-OH is 2. The second kappa shape index (κ2) is 5.11. The molecule has 6 nitrogen and oxygen atoms in total. The molecule has 1 rings (SSSR count). The Bertz CT molecular complexity index is 416. The summed E-state index contributed by atoms with van der Waals surface area (Å²) in [6.07, 6.45) is 0. The monoisotopic (exact) mass is 240 g/mol. The van der Waals surface area contributed by atoms with Crippen molar-refractivity contribution in [3.63, 3.8) is 0 Å². The average molecular weight is 240 g/mol. The number of nitrogens with one attached hydrogen (secondary N) is 1. The highest BCUT2D eigenvalue weighted by Gasteiger charge is 2.25. The fourth-order valence-corrected chi connectivity index (χ4v) is 1.24. The number of hydrogen-bond donors (Lipinski definition) is 4. The molecule has 1 aromatic rings. The summed E-state index contributed by atoms with van der Waals surface area (Å²) in [4.78, 5) is 15.1. The minimum atomic E-state index is -1.11. The topological polar surface area (TPSA) is 103 Å². The number of hydrogen-bond acceptors (Lipinski definition) is 5. The van der Waals surface area contributed by atoms with Crippen LogP contribution in [0, 0.1) is 6.92 Å². The molecule has 0 unspecified atom stereocenters. The Labute approximate surface area is 98.9 Å². The van der Waals surface area contributed by atoms with Gasteiger partial charge in [-0.2, -0.15) is 0 Å². The van der Waals surface area contributed by atoms with Gasteiger partial charge in [0.2, 0.25) is 0 Å². The van der Waals surface area contributed by atoms with Gasteiger partial charge in [0.1, 0.15) is 11.4 Å². The summed E-state index contributed by atoms with van der Waals surface area (Å²) in [7, 11) is 0. The smallest absolute Gasteiger partial charge is 0.339 e. The fraction of sp³-hybridized carbons (Fsp3) is 0.455. The van der Waals surface area contributed by atoms with Crippen LogP contribution in [0.3, 0.4) is 0 Å². The standard InChI is InChI=1S/C11H16N2O4/c1-7-3-4-8(10(16)17)9(12-7)13-11(2,5-14)6-15/h3-4,14-15H,5-6H2,1-2H3,(H,12,13)(H,16,17). The Morgan fingerprint density at radius 2 is 2.00 bits per heavy atom. The number of carboxylic acid groups (broad SMARTS) is 1. The highest BCUT2D eigenvalue weighted by atomic mass is 16.4. The number of nitrogens with zero attached hydrogens (tertiary/aromatic N) is 1. The lowest BCUT2D eigenvalue weighted by Crippen LogP contribution is -2.43. The third-order valence-corrected chi connectivity index (χ3v) is 2.38. The summed E-state index contributed by atoms with van der Waals surface area (Å²) in [5, 5.41) is 30.0. The molecule has 0 aliphatic rings. The van der Waals surface area contributed by atoms with Crippen LogP contribution in [0.25, 0.3) is 0 Å². The van der Waals surface area contributed by atoms with Crippen molar-refractivity contribution in [2.24, 2.45) is 0 Å². The van der Waals surface area contributed by atoms with Crippen molar-refractivity contribution in [3.05, 3.63) is 23.4 Å². The number of aliphatic hydroxyl groups is 2. The minimum absolute atomic E-state index is 0.00345. The molecular weight excluding hydrogens is 224 g/mol. The molecule has 94 valence electrons. The van der Waals surface area contributed by atoms with Gasteiger partial charge in [0.25, 0.3) is 0 Å². The van der Waals surface area contributed by atoms with Crippen LogP contribution in [0.5, 0.6) is 0 Å². The molecule has 0 aliphatic heterocycles. The van der Waals surface area contributed by atoms with E-state index < -0.39 is 11.5 Å². The molecule has 1 heterocycles. The number of aromatic carboxylic acids is 1. The summed E-state index contributed by atoms with van der Waals surface area (Å²) in [6, 6.07) is 3.02. The van der Waals surface area contributed by atoms with Crippen molar-refractivity contribution in [2.75, 3.05) is 18.5 Å². The molecule has 17 heavy (non-hydrogen) atoms. The average Bonchev–Trinajstić information content (AvgIpc) is 2.28. The van der Waals surface area contributed by atoms with E-state index in [1.807, 2.05) is 0 Å². The van der Waals surface area contributed by atoms with Crippen LogP contribution >= 0.6 is 0 Å². The summed E-state index contributed by atoms with van der Waals surface area (Å²) < 4.78 is 0. The Balaban J connectivity index is 3.12. The quantitative estimate of drug-likeness (QED) is 0.588. The largest absolute Gasteiger partial charge is 0.478 e. The highest BCUT2D eigenvalue weighted by Crippen LogP contribution is 2.18. The van der Waals surface area contributed by atoms with E-state index in [0.717, 1.165) is 0 Å². The Morgan fingerprint density at radius 3 is 2.47 bits per heavy atom. The predicted molar refractivity (Wildman–Crippen MR) is 62.1 cm³/mol. The molecule has 0 saturated heterocycles. The van der Waals surface area contributed by atoms with Gasteiger partial charge in [0.05, 0.1) is 18.8 Å². The van der Waals surface area contributed by atoms with Gasteiger partial charge in [-0.05, 0) is 26.0 Å². The van der Waals surface area contributed by atoms with Crippen LogP contribution < -0.4 is 5.32 Å². The van der Waals surface area contributed by atoms with Crippen molar-refractivity contribution in [1.82, 2.24) is 4.98 Å². The van der Waals surface area contributed by atoms with E-state index in [1.165, 1.54) is 6.07 Å². The van der Waals surface area contributed by atoms with Crippen LogP contribution in [-0.2, 0) is 0 Å². The van der Waals surface area contributed by atoms with E-state index in [1.54, 1.807) is 19.9 Å². The molecule has 1 aromatic heterocycles. The first-order valence-electron chi connectivity index (χ1n) is 5.13. The maximum absolute atomic E-state index is 11.0. The number of carbonyl (C=O) groups is 1. The molecule has 0 amide bonds. The van der Waals surface area contributed by atoms with E-state index >= 15 is 0 Å². The van der Waals surface area contributed by atoms with Gasteiger partial charge in [-0.1, -0.05) is 0 Å². The Morgan fingerprint density at radius 1 is 1.41 bits per heavy atom. The van der Waals surface area contributed by atoms with Gasteiger partial charge in [-0.3, -0.25) is 0 Å². The van der Waals surface area contributed by atoms with Crippen LogP contribution in [0.15, 0.2) is 12.1 Å². The Kier molecular flexibility index (Phi) is 4.03. The number of carboxylic acids is 1. The first-order chi connectivity index (χ1) is 7.91. The summed E-state index contributed by atoms with van der Waals surface area (Å²) in [5.41, 5.74) is -0.357. The first-order valence-corrected chi connectivity index (χ1v) is 5.13. The van der Waals surface area contributed by atoms with E-state index in [0.29, 0.717) is 5.69 Å². The maximum atomic E-state index is 11.0. The molecule has 0 atom stereocenters. The molecule has 0 aliphatic carbocycles. The van der Waals surface area contributed by atoms with Crippen molar-refractivity contribution in [3.8, 4) is 0 Å². The molecule has 0 spiro atoms. The SMILES string of the molecule is Cc1ccc(C(=O)O)c(NC(C)(CO)CO)n1. The molecule has 6 heteroatoms. The zero-order chi connectivity index (χ0) is 13.1. The van der Waals surface area contributed by atoms with Gasteiger partial charge in [0, 0.05) is 5.69 Å². The molecule has 0 radical (unpaired) electrons. The predicted octanol–water partition coefficient (Wildman–Crippen LogP) is 0.243. The van der Waals surface area contributed by atoms with Gasteiger partial charge in [-0.25, -0.2) is 9.78 Å². The molecular formula is C11H16N2O4. The van der Waals surface area contributed by atoms with Gasteiger partial charge in [-0.15, -0.1) is 0 Å². The van der Waals surface area contributed by atoms with Crippen LogP contribution in [-0.4, -0.2) is 45.0 Å². The maximum Gasteiger partial charge on any atom is 0.339 e. The normalized spacial score (nSPS) is 11.3. The zero-order valence-electron chi connectivity index (χ0n) is 9.77.